The lowest BCUT2D eigenvalue weighted by atomic mass is 10.1. The minimum absolute atomic E-state index is 0.182. The zero-order chi connectivity index (χ0) is 30.3. The van der Waals surface area contributed by atoms with Crippen LogP contribution in [0.2, 0.25) is 0 Å². The van der Waals surface area contributed by atoms with E-state index in [4.69, 9.17) is 23.9 Å². The summed E-state index contributed by atoms with van der Waals surface area (Å²) in [4.78, 5) is 33.0. The monoisotopic (exact) mass is 599 g/mol. The molecule has 12 heteroatoms. The molecule has 4 heterocycles. The average molecular weight is 600 g/mol. The molecule has 2 fully saturated rings. The van der Waals surface area contributed by atoms with E-state index in [1.807, 2.05) is 30.3 Å². The molecule has 4 aromatic rings. The third kappa shape index (κ3) is 6.99. The number of fused-ring (bicyclic) bond motifs is 1. The number of rotatable bonds is 9. The number of benzene rings is 2. The van der Waals surface area contributed by atoms with Gasteiger partial charge < -0.3 is 28.7 Å². The minimum Gasteiger partial charge on any atom is -0.497 e. The van der Waals surface area contributed by atoms with Gasteiger partial charge in [0.2, 0.25) is 0 Å². The van der Waals surface area contributed by atoms with Crippen LogP contribution in [0.4, 0.5) is 22.0 Å². The summed E-state index contributed by atoms with van der Waals surface area (Å²) in [5.41, 5.74) is 4.97. The molecule has 1 N–H and O–H groups in total. The third-order valence-corrected chi connectivity index (χ3v) is 7.82. The molecule has 0 bridgehead atoms. The Balaban J connectivity index is 1.26. The predicted octanol–water partition coefficient (Wildman–Crippen LogP) is 4.04. The number of nitrogens with zero attached hydrogens (tertiary/aromatic N) is 6. The van der Waals surface area contributed by atoms with Gasteiger partial charge in [-0.2, -0.15) is 0 Å². The molecule has 12 nitrogen and oxygen atoms in total. The number of anilines is 3. The SMILES string of the molecule is COc1cc(OC)cc(N(CCN2CCOCC2)c2ccc3ncc(-c4ccc(NC(=O)N5CCOCC5)nc4)nc3c2)c1. The van der Waals surface area contributed by atoms with E-state index in [0.717, 1.165) is 78.9 Å². The summed E-state index contributed by atoms with van der Waals surface area (Å²) >= 11 is 0. The Kier molecular flexibility index (Phi) is 9.30. The second-order valence-corrected chi connectivity index (χ2v) is 10.6. The number of urea groups is 1. The van der Waals surface area contributed by atoms with Gasteiger partial charge in [-0.15, -0.1) is 0 Å². The molecule has 0 spiro atoms. The number of methoxy groups -OCH3 is 2. The molecule has 0 unspecified atom stereocenters. The summed E-state index contributed by atoms with van der Waals surface area (Å²) in [6, 6.07) is 15.5. The third-order valence-electron chi connectivity index (χ3n) is 7.82. The highest BCUT2D eigenvalue weighted by Gasteiger charge is 2.19. The van der Waals surface area contributed by atoms with Crippen LogP contribution in [0.25, 0.3) is 22.3 Å². The average Bonchev–Trinajstić information content (AvgIpc) is 3.09. The molecule has 0 radical (unpaired) electrons. The number of amides is 2. The van der Waals surface area contributed by atoms with Gasteiger partial charge in [0, 0.05) is 80.6 Å². The number of morpholine rings is 2. The molecular weight excluding hydrogens is 562 g/mol. The largest absolute Gasteiger partial charge is 0.497 e. The number of hydrogen-bond donors (Lipinski definition) is 1. The Morgan fingerprint density at radius 3 is 2.25 bits per heavy atom. The quantitative estimate of drug-likeness (QED) is 0.302. The van der Waals surface area contributed by atoms with Crippen molar-refractivity contribution in [2.24, 2.45) is 0 Å². The van der Waals surface area contributed by atoms with Crippen LogP contribution >= 0.6 is 0 Å². The van der Waals surface area contributed by atoms with Gasteiger partial charge in [0.1, 0.15) is 17.3 Å². The van der Waals surface area contributed by atoms with E-state index in [1.54, 1.807) is 37.6 Å². The van der Waals surface area contributed by atoms with Crippen LogP contribution in [0.5, 0.6) is 11.5 Å². The first-order valence-corrected chi connectivity index (χ1v) is 14.8. The molecule has 0 atom stereocenters. The molecule has 2 saturated heterocycles. The fraction of sp³-hybridized carbons (Fsp3) is 0.375. The van der Waals surface area contributed by atoms with Crippen LogP contribution in [0.3, 0.4) is 0 Å². The fourth-order valence-electron chi connectivity index (χ4n) is 5.30. The maximum absolute atomic E-state index is 12.5. The highest BCUT2D eigenvalue weighted by molar-refractivity contribution is 5.88. The normalized spacial score (nSPS) is 15.6. The van der Waals surface area contributed by atoms with Crippen molar-refractivity contribution < 1.29 is 23.7 Å². The number of aromatic nitrogens is 3. The second kappa shape index (κ2) is 13.8. The van der Waals surface area contributed by atoms with Gasteiger partial charge in [-0.25, -0.2) is 14.8 Å². The maximum atomic E-state index is 12.5. The zero-order valence-electron chi connectivity index (χ0n) is 25.1. The smallest absolute Gasteiger partial charge is 0.323 e. The van der Waals surface area contributed by atoms with E-state index in [-0.39, 0.29) is 6.03 Å². The van der Waals surface area contributed by atoms with Crippen molar-refractivity contribution >= 4 is 34.3 Å². The Morgan fingerprint density at radius 2 is 1.57 bits per heavy atom. The van der Waals surface area contributed by atoms with Gasteiger partial charge in [-0.05, 0) is 30.3 Å². The van der Waals surface area contributed by atoms with Crippen molar-refractivity contribution in [1.29, 1.82) is 0 Å². The standard InChI is InChI=1S/C32H37N7O5/c1-41-26-17-25(18-27(20-26)42-2)39(8-7-37-9-13-43-14-10-37)24-4-5-28-29(19-24)35-30(22-33-28)23-3-6-31(34-21-23)36-32(40)38-11-15-44-16-12-38/h3-6,17-22H,7-16H2,1-2H3,(H,34,36,40). The first-order chi connectivity index (χ1) is 21.6. The topological polar surface area (TPSA) is 114 Å². The molecule has 2 aromatic heterocycles. The summed E-state index contributed by atoms with van der Waals surface area (Å²) in [5, 5.41) is 2.86. The van der Waals surface area contributed by atoms with Crippen LogP contribution in [-0.4, -0.2) is 111 Å². The maximum Gasteiger partial charge on any atom is 0.323 e. The summed E-state index contributed by atoms with van der Waals surface area (Å²) in [7, 11) is 3.31. The van der Waals surface area contributed by atoms with Crippen LogP contribution in [0.15, 0.2) is 60.9 Å². The molecule has 230 valence electrons. The first-order valence-electron chi connectivity index (χ1n) is 14.8. The summed E-state index contributed by atoms with van der Waals surface area (Å²) in [6.07, 6.45) is 3.44. The molecule has 0 aliphatic carbocycles. The summed E-state index contributed by atoms with van der Waals surface area (Å²) in [6.45, 7) is 7.14. The van der Waals surface area contributed by atoms with Crippen molar-refractivity contribution in [2.45, 2.75) is 0 Å². The van der Waals surface area contributed by atoms with Gasteiger partial charge >= 0.3 is 6.03 Å². The summed E-state index contributed by atoms with van der Waals surface area (Å²) < 4.78 is 22.0. The zero-order valence-corrected chi connectivity index (χ0v) is 25.1. The lowest BCUT2D eigenvalue weighted by Gasteiger charge is -2.31. The van der Waals surface area contributed by atoms with E-state index in [0.29, 0.717) is 37.8 Å². The van der Waals surface area contributed by atoms with Gasteiger partial charge in [0.15, 0.2) is 0 Å². The molecule has 2 amide bonds. The number of pyridine rings is 1. The Labute approximate surface area is 256 Å². The van der Waals surface area contributed by atoms with Crippen molar-refractivity contribution in [1.82, 2.24) is 24.8 Å². The van der Waals surface area contributed by atoms with E-state index in [9.17, 15) is 4.79 Å². The highest BCUT2D eigenvalue weighted by atomic mass is 16.5. The fourth-order valence-corrected chi connectivity index (χ4v) is 5.30. The minimum atomic E-state index is -0.182. The molecule has 0 saturated carbocycles. The molecule has 44 heavy (non-hydrogen) atoms. The summed E-state index contributed by atoms with van der Waals surface area (Å²) in [5.74, 6) is 1.91. The number of nitrogens with one attached hydrogen (secondary N) is 1. The van der Waals surface area contributed by atoms with Crippen molar-refractivity contribution in [3.63, 3.8) is 0 Å². The highest BCUT2D eigenvalue weighted by Crippen LogP contribution is 2.34. The van der Waals surface area contributed by atoms with Crippen LogP contribution in [-0.2, 0) is 9.47 Å². The Hall–Kier alpha value is -4.52. The Morgan fingerprint density at radius 1 is 0.841 bits per heavy atom. The first kappa shape index (κ1) is 29.5. The van der Waals surface area contributed by atoms with E-state index < -0.39 is 0 Å². The van der Waals surface area contributed by atoms with Gasteiger partial charge in [0.25, 0.3) is 0 Å². The molecule has 2 aliphatic rings. The van der Waals surface area contributed by atoms with Gasteiger partial charge in [0.05, 0.1) is 63.6 Å². The molecule has 2 aliphatic heterocycles. The number of ether oxygens (including phenoxy) is 4. The van der Waals surface area contributed by atoms with E-state index in [2.05, 4.69) is 37.2 Å². The molecule has 2 aromatic carbocycles. The molecule has 6 rings (SSSR count). The van der Waals surface area contributed by atoms with Crippen LogP contribution in [0, 0.1) is 0 Å². The number of hydrogen-bond acceptors (Lipinski definition) is 10. The second-order valence-electron chi connectivity index (χ2n) is 10.6. The van der Waals surface area contributed by atoms with Crippen molar-refractivity contribution in [3.05, 3.63) is 60.9 Å². The van der Waals surface area contributed by atoms with E-state index >= 15 is 0 Å². The van der Waals surface area contributed by atoms with Gasteiger partial charge in [-0.1, -0.05) is 0 Å². The van der Waals surface area contributed by atoms with E-state index in [1.165, 1.54) is 0 Å². The number of carbonyl (C=O) groups is 1. The Bertz CT molecular complexity index is 1550. The van der Waals surface area contributed by atoms with Crippen LogP contribution < -0.4 is 19.7 Å². The van der Waals surface area contributed by atoms with Crippen molar-refractivity contribution in [3.8, 4) is 22.8 Å². The van der Waals surface area contributed by atoms with Crippen LogP contribution in [0.1, 0.15) is 0 Å². The number of carbonyl (C=O) groups excluding carboxylic acids is 1. The lowest BCUT2D eigenvalue weighted by Crippen LogP contribution is -2.43. The lowest BCUT2D eigenvalue weighted by molar-refractivity contribution is 0.0394. The predicted molar refractivity (Wildman–Crippen MR) is 168 cm³/mol. The molecular formula is C32H37N7O5. The van der Waals surface area contributed by atoms with Crippen molar-refractivity contribution in [2.75, 3.05) is 90.1 Å². The van der Waals surface area contributed by atoms with Gasteiger partial charge in [-0.3, -0.25) is 15.2 Å².